The first-order valence-corrected chi connectivity index (χ1v) is 13.7. The number of imide groups is 1. The van der Waals surface area contributed by atoms with Crippen molar-refractivity contribution >= 4 is 40.5 Å². The van der Waals surface area contributed by atoms with Gasteiger partial charge in [0, 0.05) is 24.4 Å². The molecular formula is C25H37ClN4O2S. The number of halogens is 1. The van der Waals surface area contributed by atoms with E-state index in [-0.39, 0.29) is 5.91 Å². The lowest BCUT2D eigenvalue weighted by molar-refractivity contribution is -0.127. The van der Waals surface area contributed by atoms with E-state index in [1.807, 2.05) is 29.2 Å². The lowest BCUT2D eigenvalue weighted by atomic mass is 10.1. The van der Waals surface area contributed by atoms with Gasteiger partial charge in [-0.05, 0) is 18.1 Å². The van der Waals surface area contributed by atoms with Gasteiger partial charge in [-0.3, -0.25) is 10.1 Å². The topological polar surface area (TPSA) is 65.0 Å². The quantitative estimate of drug-likeness (QED) is 0.341. The van der Waals surface area contributed by atoms with Gasteiger partial charge in [0.05, 0.1) is 0 Å². The van der Waals surface area contributed by atoms with Crippen LogP contribution in [0.25, 0.3) is 0 Å². The van der Waals surface area contributed by atoms with E-state index in [4.69, 9.17) is 16.6 Å². The zero-order valence-corrected chi connectivity index (χ0v) is 21.5. The number of urea groups is 1. The minimum atomic E-state index is -0.529. The Labute approximate surface area is 207 Å². The highest BCUT2D eigenvalue weighted by Gasteiger charge is 2.48. The van der Waals surface area contributed by atoms with Gasteiger partial charge in [0.1, 0.15) is 0 Å². The fourth-order valence-electron chi connectivity index (χ4n) is 4.35. The molecule has 2 atom stereocenters. The number of unbranched alkanes of at least 4 members (excludes halogenated alkanes) is 9. The highest BCUT2D eigenvalue weighted by atomic mass is 35.5. The van der Waals surface area contributed by atoms with E-state index in [0.29, 0.717) is 11.6 Å². The third kappa shape index (κ3) is 7.12. The predicted molar refractivity (Wildman–Crippen MR) is 138 cm³/mol. The molecule has 0 spiro atoms. The SMILES string of the molecule is CCCCCCCCCCCCSC1=NC2C(C(=O)NC(=O)N2C)N1Cc1ccccc1Cl. The average Bonchev–Trinajstić information content (AvgIpc) is 3.16. The van der Waals surface area contributed by atoms with Crippen LogP contribution >= 0.6 is 23.4 Å². The molecule has 182 valence electrons. The minimum absolute atomic E-state index is 0.298. The fraction of sp³-hybridized carbons (Fsp3) is 0.640. The Morgan fingerprint density at radius 2 is 1.64 bits per heavy atom. The van der Waals surface area contributed by atoms with Crippen molar-refractivity contribution in [3.05, 3.63) is 34.9 Å². The molecule has 1 fully saturated rings. The van der Waals surface area contributed by atoms with Crippen molar-refractivity contribution in [3.63, 3.8) is 0 Å². The number of nitrogens with one attached hydrogen (secondary N) is 1. The number of rotatable bonds is 13. The van der Waals surface area contributed by atoms with Gasteiger partial charge in [0.2, 0.25) is 0 Å². The smallest absolute Gasteiger partial charge is 0.325 e. The number of aliphatic imine (C=N–C) groups is 1. The standard InChI is InChI=1S/C25H37ClN4O2S/c1-3-4-5-6-7-8-9-10-11-14-17-33-25-27-22-21(23(31)28-24(32)29(22)2)30(25)18-19-15-12-13-16-20(19)26/h12-13,15-16,21-22H,3-11,14,17-18H2,1-2H3,(H,28,31,32). The number of amidine groups is 1. The Morgan fingerprint density at radius 1 is 1.00 bits per heavy atom. The number of amides is 3. The molecule has 2 unspecified atom stereocenters. The molecule has 1 aromatic rings. The summed E-state index contributed by atoms with van der Waals surface area (Å²) in [4.78, 5) is 33.1. The molecule has 3 rings (SSSR count). The van der Waals surface area contributed by atoms with Gasteiger partial charge in [-0.1, -0.05) is 106 Å². The monoisotopic (exact) mass is 492 g/mol. The first kappa shape index (κ1) is 25.9. The molecule has 0 saturated carbocycles. The molecule has 0 bridgehead atoms. The van der Waals surface area contributed by atoms with E-state index < -0.39 is 18.2 Å². The van der Waals surface area contributed by atoms with Crippen molar-refractivity contribution in [2.75, 3.05) is 12.8 Å². The van der Waals surface area contributed by atoms with Crippen LogP contribution in [0.15, 0.2) is 29.3 Å². The number of nitrogens with zero attached hydrogens (tertiary/aromatic N) is 3. The molecule has 3 amide bonds. The Bertz CT molecular complexity index is 834. The van der Waals surface area contributed by atoms with Crippen molar-refractivity contribution in [3.8, 4) is 0 Å². The Balaban J connectivity index is 1.51. The summed E-state index contributed by atoms with van der Waals surface area (Å²) in [5.41, 5.74) is 0.944. The Kier molecular flexibility index (Phi) is 10.4. The lowest BCUT2D eigenvalue weighted by Crippen LogP contribution is -2.63. The molecule has 2 aliphatic rings. The fourth-order valence-corrected chi connectivity index (χ4v) is 5.60. The number of benzene rings is 1. The van der Waals surface area contributed by atoms with E-state index >= 15 is 0 Å². The largest absolute Gasteiger partial charge is 0.331 e. The maximum absolute atomic E-state index is 12.7. The summed E-state index contributed by atoms with van der Waals surface area (Å²) >= 11 is 8.08. The van der Waals surface area contributed by atoms with Crippen LogP contribution in [0.1, 0.15) is 76.7 Å². The molecule has 33 heavy (non-hydrogen) atoms. The number of thioether (sulfide) groups is 1. The summed E-state index contributed by atoms with van der Waals surface area (Å²) in [5.74, 6) is 0.654. The zero-order chi connectivity index (χ0) is 23.6. The van der Waals surface area contributed by atoms with Crippen LogP contribution in [0, 0.1) is 0 Å². The molecule has 0 aliphatic carbocycles. The van der Waals surface area contributed by atoms with Crippen molar-refractivity contribution in [1.82, 2.24) is 15.1 Å². The van der Waals surface area contributed by atoms with Crippen LogP contribution in [-0.4, -0.2) is 51.9 Å². The first-order chi connectivity index (χ1) is 16.0. The highest BCUT2D eigenvalue weighted by Crippen LogP contribution is 2.31. The molecular weight excluding hydrogens is 456 g/mol. The van der Waals surface area contributed by atoms with Crippen LogP contribution in [0.3, 0.4) is 0 Å². The summed E-state index contributed by atoms with van der Waals surface area (Å²) in [7, 11) is 1.69. The van der Waals surface area contributed by atoms with E-state index in [0.717, 1.165) is 22.9 Å². The molecule has 2 heterocycles. The van der Waals surface area contributed by atoms with E-state index in [1.165, 1.54) is 62.7 Å². The van der Waals surface area contributed by atoms with Crippen molar-refractivity contribution in [2.45, 2.75) is 89.9 Å². The third-order valence-electron chi connectivity index (χ3n) is 6.35. The summed E-state index contributed by atoms with van der Waals surface area (Å²) in [6.07, 6.45) is 12.5. The molecule has 2 aliphatic heterocycles. The number of likely N-dealkylation sites (N-methyl/N-ethyl adjacent to an activating group) is 1. The second-order valence-electron chi connectivity index (χ2n) is 8.93. The van der Waals surface area contributed by atoms with Gasteiger partial charge in [-0.2, -0.15) is 0 Å². The van der Waals surface area contributed by atoms with Gasteiger partial charge >= 0.3 is 6.03 Å². The van der Waals surface area contributed by atoms with Gasteiger partial charge in [-0.15, -0.1) is 0 Å². The molecule has 0 aromatic heterocycles. The van der Waals surface area contributed by atoms with Crippen molar-refractivity contribution < 1.29 is 9.59 Å². The molecule has 8 heteroatoms. The Hall–Kier alpha value is -1.73. The zero-order valence-electron chi connectivity index (χ0n) is 19.9. The van der Waals surface area contributed by atoms with E-state index in [9.17, 15) is 9.59 Å². The van der Waals surface area contributed by atoms with Crippen LogP contribution in [-0.2, 0) is 11.3 Å². The van der Waals surface area contributed by atoms with Gasteiger partial charge in [-0.25, -0.2) is 9.79 Å². The highest BCUT2D eigenvalue weighted by molar-refractivity contribution is 8.13. The van der Waals surface area contributed by atoms with Crippen molar-refractivity contribution in [1.29, 1.82) is 0 Å². The molecule has 1 aromatic carbocycles. The molecule has 1 N–H and O–H groups in total. The molecule has 1 saturated heterocycles. The Morgan fingerprint density at radius 3 is 2.30 bits per heavy atom. The number of hydrogen-bond donors (Lipinski definition) is 1. The number of fused-ring (bicyclic) bond motifs is 1. The minimum Gasteiger partial charge on any atom is -0.331 e. The van der Waals surface area contributed by atoms with Gasteiger partial charge in [0.15, 0.2) is 17.4 Å². The molecule has 0 radical (unpaired) electrons. The molecule has 6 nitrogen and oxygen atoms in total. The van der Waals surface area contributed by atoms with Crippen molar-refractivity contribution in [2.24, 2.45) is 4.99 Å². The van der Waals surface area contributed by atoms with Crippen LogP contribution in [0.4, 0.5) is 4.79 Å². The van der Waals surface area contributed by atoms with E-state index in [2.05, 4.69) is 12.2 Å². The lowest BCUT2D eigenvalue weighted by Gasteiger charge is -2.36. The number of hydrogen-bond acceptors (Lipinski definition) is 5. The normalized spacial score (nSPS) is 20.2. The second-order valence-corrected chi connectivity index (χ2v) is 10.4. The maximum atomic E-state index is 12.7. The first-order valence-electron chi connectivity index (χ1n) is 12.3. The van der Waals surface area contributed by atoms with Crippen LogP contribution in [0.2, 0.25) is 5.02 Å². The maximum Gasteiger partial charge on any atom is 0.325 e. The summed E-state index contributed by atoms with van der Waals surface area (Å²) < 4.78 is 0. The van der Waals surface area contributed by atoms with Gasteiger partial charge in [0.25, 0.3) is 5.91 Å². The second kappa shape index (κ2) is 13.2. The average molecular weight is 493 g/mol. The van der Waals surface area contributed by atoms with E-state index in [1.54, 1.807) is 18.8 Å². The number of carbonyl (C=O) groups is 2. The summed E-state index contributed by atoms with van der Waals surface area (Å²) in [6, 6.07) is 6.74. The van der Waals surface area contributed by atoms with Gasteiger partial charge < -0.3 is 9.80 Å². The van der Waals surface area contributed by atoms with Crippen LogP contribution in [0.5, 0.6) is 0 Å². The third-order valence-corrected chi connectivity index (χ3v) is 7.81. The predicted octanol–water partition coefficient (Wildman–Crippen LogP) is 6.04. The number of carbonyl (C=O) groups excluding carboxylic acids is 2. The summed E-state index contributed by atoms with van der Waals surface area (Å²) in [6.45, 7) is 2.74. The van der Waals surface area contributed by atoms with Crippen LogP contribution < -0.4 is 5.32 Å². The summed E-state index contributed by atoms with van der Waals surface area (Å²) in [5, 5.41) is 3.94.